The third kappa shape index (κ3) is 2.95. The molecule has 1 aliphatic carbocycles. The van der Waals surface area contributed by atoms with E-state index in [2.05, 4.69) is 0 Å². The molecule has 1 aliphatic heterocycles. The molecule has 2 fully saturated rings. The van der Waals surface area contributed by atoms with Crippen LogP contribution in [-0.4, -0.2) is 62.0 Å². The van der Waals surface area contributed by atoms with Crippen molar-refractivity contribution in [1.29, 1.82) is 0 Å². The van der Waals surface area contributed by atoms with E-state index in [0.29, 0.717) is 19.0 Å². The van der Waals surface area contributed by atoms with E-state index in [1.807, 2.05) is 0 Å². The van der Waals surface area contributed by atoms with E-state index in [9.17, 15) is 13.2 Å². The first-order valence-electron chi connectivity index (χ1n) is 6.71. The van der Waals surface area contributed by atoms with Crippen molar-refractivity contribution < 1.29 is 13.2 Å². The topological polar surface area (TPSA) is 83.7 Å². The van der Waals surface area contributed by atoms with Crippen molar-refractivity contribution >= 4 is 28.3 Å². The Balaban J connectivity index is 0.00000200. The highest BCUT2D eigenvalue weighted by Crippen LogP contribution is 2.38. The van der Waals surface area contributed by atoms with Gasteiger partial charge in [0.05, 0.1) is 0 Å². The van der Waals surface area contributed by atoms with Crippen LogP contribution in [-0.2, 0) is 14.8 Å². The lowest BCUT2D eigenvalue weighted by Gasteiger charge is -2.24. The minimum Gasteiger partial charge on any atom is -0.348 e. The van der Waals surface area contributed by atoms with Crippen LogP contribution in [0.4, 0.5) is 0 Å². The lowest BCUT2D eigenvalue weighted by Crippen LogP contribution is -2.45. The van der Waals surface area contributed by atoms with Gasteiger partial charge in [-0.1, -0.05) is 0 Å². The lowest BCUT2D eigenvalue weighted by atomic mass is 9.98. The van der Waals surface area contributed by atoms with Crippen molar-refractivity contribution in [2.24, 2.45) is 17.6 Å². The van der Waals surface area contributed by atoms with Crippen LogP contribution in [0.5, 0.6) is 0 Å². The summed E-state index contributed by atoms with van der Waals surface area (Å²) >= 11 is 0. The van der Waals surface area contributed by atoms with Gasteiger partial charge in [0.1, 0.15) is 0 Å². The Labute approximate surface area is 127 Å². The second-order valence-corrected chi connectivity index (χ2v) is 8.16. The maximum Gasteiger partial charge on any atom is 0.241 e. The molecule has 8 heteroatoms. The van der Waals surface area contributed by atoms with Crippen LogP contribution in [0, 0.1) is 11.8 Å². The first-order chi connectivity index (χ1) is 8.75. The molecule has 1 saturated heterocycles. The summed E-state index contributed by atoms with van der Waals surface area (Å²) in [6, 6.07) is 0.102. The van der Waals surface area contributed by atoms with Crippen LogP contribution in [0.15, 0.2) is 0 Å². The Kier molecular flexibility index (Phi) is 5.46. The summed E-state index contributed by atoms with van der Waals surface area (Å²) in [5, 5.41) is -1.02. The molecular weight excluding hydrogens is 302 g/mol. The highest BCUT2D eigenvalue weighted by molar-refractivity contribution is 7.90. The van der Waals surface area contributed by atoms with E-state index in [1.54, 1.807) is 14.1 Å². The van der Waals surface area contributed by atoms with E-state index in [1.165, 1.54) is 16.1 Å². The average molecular weight is 326 g/mol. The molecule has 2 rings (SSSR count). The number of nitrogens with two attached hydrogens (primary N) is 1. The van der Waals surface area contributed by atoms with Gasteiger partial charge >= 0.3 is 0 Å². The second-order valence-electron chi connectivity index (χ2n) is 5.90. The highest BCUT2D eigenvalue weighted by Gasteiger charge is 2.47. The number of nitrogens with zero attached hydrogens (tertiary/aromatic N) is 2. The Hall–Kier alpha value is -0.370. The molecule has 0 spiro atoms. The lowest BCUT2D eigenvalue weighted by molar-refractivity contribution is -0.128. The van der Waals surface area contributed by atoms with Crippen LogP contribution < -0.4 is 5.73 Å². The number of carbonyl (C=O) groups is 1. The third-order valence-corrected chi connectivity index (χ3v) is 6.59. The van der Waals surface area contributed by atoms with Gasteiger partial charge in [0.2, 0.25) is 15.9 Å². The molecule has 1 heterocycles. The van der Waals surface area contributed by atoms with Crippen molar-refractivity contribution in [2.45, 2.75) is 31.1 Å². The van der Waals surface area contributed by atoms with Crippen LogP contribution in [0.1, 0.15) is 19.8 Å². The minimum atomic E-state index is -3.56. The summed E-state index contributed by atoms with van der Waals surface area (Å²) < 4.78 is 26.4. The number of sulfonamides is 1. The largest absolute Gasteiger partial charge is 0.348 e. The van der Waals surface area contributed by atoms with Gasteiger partial charge in [-0.3, -0.25) is 4.79 Å². The predicted octanol–water partition coefficient (Wildman–Crippen LogP) is -0.116. The highest BCUT2D eigenvalue weighted by atomic mass is 35.5. The van der Waals surface area contributed by atoms with Gasteiger partial charge in [-0.2, -0.15) is 0 Å². The van der Waals surface area contributed by atoms with E-state index in [-0.39, 0.29) is 30.3 Å². The quantitative estimate of drug-likeness (QED) is 0.784. The van der Waals surface area contributed by atoms with Gasteiger partial charge in [0.15, 0.2) is 5.25 Å². The molecule has 2 aliphatic rings. The Morgan fingerprint density at radius 2 is 1.90 bits per heavy atom. The first kappa shape index (κ1) is 17.7. The first-order valence-corrected chi connectivity index (χ1v) is 8.21. The van der Waals surface area contributed by atoms with Crippen LogP contribution in [0.2, 0.25) is 0 Å². The van der Waals surface area contributed by atoms with Gasteiger partial charge in [-0.15, -0.1) is 12.4 Å². The molecule has 6 nitrogen and oxygen atoms in total. The molecule has 2 N–H and O–H groups in total. The fourth-order valence-electron chi connectivity index (χ4n) is 3.19. The summed E-state index contributed by atoms with van der Waals surface area (Å²) in [7, 11) is -0.417. The summed E-state index contributed by atoms with van der Waals surface area (Å²) in [6.07, 6.45) is 1.98. The Morgan fingerprint density at radius 3 is 2.40 bits per heavy atom. The van der Waals surface area contributed by atoms with E-state index in [4.69, 9.17) is 5.73 Å². The number of halogens is 1. The summed E-state index contributed by atoms with van der Waals surface area (Å²) in [5.41, 5.74) is 6.01. The normalized spacial score (nSPS) is 31.5. The minimum absolute atomic E-state index is 0. The molecule has 4 unspecified atom stereocenters. The SMILES string of the molecule is CC(C(=O)N(C)C)S(=O)(=O)N1CC2CCC(N)C2C1.Cl. The summed E-state index contributed by atoms with van der Waals surface area (Å²) in [4.78, 5) is 13.2. The molecule has 0 aromatic carbocycles. The molecule has 1 amide bonds. The number of amides is 1. The fraction of sp³-hybridized carbons (Fsp3) is 0.917. The monoisotopic (exact) mass is 325 g/mol. The molecule has 4 atom stereocenters. The van der Waals surface area contributed by atoms with Crippen molar-refractivity contribution in [2.75, 3.05) is 27.2 Å². The zero-order valence-corrected chi connectivity index (χ0v) is 13.8. The predicted molar refractivity (Wildman–Crippen MR) is 80.1 cm³/mol. The van der Waals surface area contributed by atoms with Gasteiger partial charge in [-0.05, 0) is 31.6 Å². The molecule has 1 saturated carbocycles. The Bertz CT molecular complexity index is 469. The number of fused-ring (bicyclic) bond motifs is 1. The van der Waals surface area contributed by atoms with Crippen molar-refractivity contribution in [3.8, 4) is 0 Å². The van der Waals surface area contributed by atoms with Crippen LogP contribution in [0.25, 0.3) is 0 Å². The maximum absolute atomic E-state index is 12.5. The maximum atomic E-state index is 12.5. The van der Waals surface area contributed by atoms with Gasteiger partial charge in [0, 0.05) is 33.2 Å². The number of hydrogen-bond acceptors (Lipinski definition) is 4. The molecular formula is C12H24ClN3O3S. The zero-order valence-electron chi connectivity index (χ0n) is 12.2. The van der Waals surface area contributed by atoms with E-state index < -0.39 is 15.3 Å². The average Bonchev–Trinajstić information content (AvgIpc) is 2.90. The second kappa shape index (κ2) is 6.17. The van der Waals surface area contributed by atoms with Crippen molar-refractivity contribution in [1.82, 2.24) is 9.21 Å². The van der Waals surface area contributed by atoms with Gasteiger partial charge in [-0.25, -0.2) is 12.7 Å². The molecule has 0 aromatic rings. The third-order valence-electron chi connectivity index (χ3n) is 4.47. The summed E-state index contributed by atoms with van der Waals surface area (Å²) in [5.74, 6) is 0.254. The number of rotatable bonds is 3. The molecule has 0 aromatic heterocycles. The van der Waals surface area contributed by atoms with Gasteiger partial charge < -0.3 is 10.6 Å². The summed E-state index contributed by atoms with van der Waals surface area (Å²) in [6.45, 7) is 2.46. The molecule has 118 valence electrons. The van der Waals surface area contributed by atoms with E-state index >= 15 is 0 Å². The molecule has 20 heavy (non-hydrogen) atoms. The Morgan fingerprint density at radius 1 is 1.30 bits per heavy atom. The van der Waals surface area contributed by atoms with Crippen LogP contribution in [0.3, 0.4) is 0 Å². The smallest absolute Gasteiger partial charge is 0.241 e. The fourth-order valence-corrected chi connectivity index (χ4v) is 4.88. The standard InChI is InChI=1S/C12H23N3O3S.ClH/c1-8(12(16)14(2)3)19(17,18)15-6-9-4-5-11(13)10(9)7-15;/h8-11H,4-7,13H2,1-3H3;1H. The molecule has 0 radical (unpaired) electrons. The van der Waals surface area contributed by atoms with Crippen molar-refractivity contribution in [3.05, 3.63) is 0 Å². The zero-order chi connectivity index (χ0) is 14.4. The van der Waals surface area contributed by atoms with Gasteiger partial charge in [0.25, 0.3) is 0 Å². The van der Waals surface area contributed by atoms with E-state index in [0.717, 1.165) is 12.8 Å². The van der Waals surface area contributed by atoms with Crippen molar-refractivity contribution in [3.63, 3.8) is 0 Å². The number of hydrogen-bond donors (Lipinski definition) is 1. The van der Waals surface area contributed by atoms with Crippen LogP contribution >= 0.6 is 12.4 Å². The molecule has 0 bridgehead atoms. The number of carbonyl (C=O) groups excluding carboxylic acids is 1.